The third kappa shape index (κ3) is 4.42. The minimum atomic E-state index is -0.0722. The Labute approximate surface area is 118 Å². The fourth-order valence-electron chi connectivity index (χ4n) is 1.98. The molecule has 5 heteroatoms. The lowest BCUT2D eigenvalue weighted by Gasteiger charge is -2.10. The zero-order valence-electron chi connectivity index (χ0n) is 11.3. The Hall–Kier alpha value is -1.23. The van der Waals surface area contributed by atoms with Gasteiger partial charge in [-0.1, -0.05) is 13.0 Å². The van der Waals surface area contributed by atoms with Gasteiger partial charge < -0.3 is 10.6 Å². The second-order valence-corrected chi connectivity index (χ2v) is 5.92. The number of pyridine rings is 1. The Morgan fingerprint density at radius 1 is 1.53 bits per heavy atom. The molecule has 0 bridgehead atoms. The molecule has 4 nitrogen and oxygen atoms in total. The summed E-state index contributed by atoms with van der Waals surface area (Å²) in [5, 5.41) is 6.17. The highest BCUT2D eigenvalue weighted by molar-refractivity contribution is 7.99. The van der Waals surface area contributed by atoms with Gasteiger partial charge in [-0.3, -0.25) is 4.79 Å². The van der Waals surface area contributed by atoms with Gasteiger partial charge in [-0.2, -0.15) is 11.8 Å². The number of nitrogens with zero attached hydrogens (tertiary/aromatic N) is 1. The normalized spacial score (nSPS) is 18.3. The maximum absolute atomic E-state index is 12.0. The summed E-state index contributed by atoms with van der Waals surface area (Å²) in [6.07, 6.45) is 2.24. The molecule has 1 unspecified atom stereocenters. The third-order valence-electron chi connectivity index (χ3n) is 3.11. The van der Waals surface area contributed by atoms with E-state index >= 15 is 0 Å². The van der Waals surface area contributed by atoms with Crippen LogP contribution >= 0.6 is 11.8 Å². The van der Waals surface area contributed by atoms with Crippen molar-refractivity contribution < 1.29 is 4.79 Å². The second-order valence-electron chi connectivity index (χ2n) is 4.77. The molecule has 0 saturated carbocycles. The fraction of sp³-hybridized carbons (Fsp3) is 0.571. The minimum absolute atomic E-state index is 0.0722. The quantitative estimate of drug-likeness (QED) is 0.839. The summed E-state index contributed by atoms with van der Waals surface area (Å²) >= 11 is 1.96. The Morgan fingerprint density at radius 2 is 2.42 bits per heavy atom. The first-order chi connectivity index (χ1) is 9.29. The van der Waals surface area contributed by atoms with Gasteiger partial charge in [0.15, 0.2) is 0 Å². The molecule has 0 radical (unpaired) electrons. The molecule has 1 aliphatic heterocycles. The van der Waals surface area contributed by atoms with E-state index in [-0.39, 0.29) is 5.91 Å². The summed E-state index contributed by atoms with van der Waals surface area (Å²) in [5.41, 5.74) is 0.492. The lowest BCUT2D eigenvalue weighted by molar-refractivity contribution is 0.0943. The van der Waals surface area contributed by atoms with Crippen molar-refractivity contribution in [2.75, 3.05) is 29.9 Å². The first-order valence-electron chi connectivity index (χ1n) is 6.86. The molecular formula is C14H21N3OS. The van der Waals surface area contributed by atoms with Gasteiger partial charge >= 0.3 is 0 Å². The van der Waals surface area contributed by atoms with Crippen LogP contribution in [0.25, 0.3) is 0 Å². The number of nitrogens with one attached hydrogen (secondary N) is 2. The van der Waals surface area contributed by atoms with Crippen LogP contribution in [0.15, 0.2) is 18.2 Å². The molecule has 1 fully saturated rings. The third-order valence-corrected chi connectivity index (χ3v) is 4.34. The Balaban J connectivity index is 1.86. The molecular weight excluding hydrogens is 258 g/mol. The Morgan fingerprint density at radius 3 is 3.16 bits per heavy atom. The van der Waals surface area contributed by atoms with Crippen LogP contribution in [0.2, 0.25) is 0 Å². The maximum atomic E-state index is 12.0. The summed E-state index contributed by atoms with van der Waals surface area (Å²) in [4.78, 5) is 16.3. The van der Waals surface area contributed by atoms with Crippen molar-refractivity contribution in [2.24, 2.45) is 5.92 Å². The number of carbonyl (C=O) groups is 1. The van der Waals surface area contributed by atoms with Crippen LogP contribution in [0, 0.1) is 5.92 Å². The molecule has 104 valence electrons. The van der Waals surface area contributed by atoms with E-state index in [1.807, 2.05) is 23.9 Å². The van der Waals surface area contributed by atoms with E-state index in [4.69, 9.17) is 0 Å². The fourth-order valence-corrected chi connectivity index (χ4v) is 3.27. The molecule has 2 N–H and O–H groups in total. The topological polar surface area (TPSA) is 54.0 Å². The van der Waals surface area contributed by atoms with Gasteiger partial charge in [0, 0.05) is 13.1 Å². The number of thioether (sulfide) groups is 1. The molecule has 0 aliphatic carbocycles. The zero-order chi connectivity index (χ0) is 13.5. The van der Waals surface area contributed by atoms with Gasteiger partial charge in [0.25, 0.3) is 5.91 Å². The van der Waals surface area contributed by atoms with Crippen molar-refractivity contribution in [1.82, 2.24) is 10.3 Å². The molecule has 1 atom stereocenters. The van der Waals surface area contributed by atoms with Crippen LogP contribution in [0.5, 0.6) is 0 Å². The predicted molar refractivity (Wildman–Crippen MR) is 80.8 cm³/mol. The van der Waals surface area contributed by atoms with Crippen molar-refractivity contribution in [1.29, 1.82) is 0 Å². The van der Waals surface area contributed by atoms with Crippen molar-refractivity contribution in [2.45, 2.75) is 19.8 Å². The highest BCUT2D eigenvalue weighted by Crippen LogP contribution is 2.22. The van der Waals surface area contributed by atoms with E-state index in [2.05, 4.69) is 22.5 Å². The lowest BCUT2D eigenvalue weighted by atomic mass is 10.1. The molecule has 1 aromatic heterocycles. The van der Waals surface area contributed by atoms with E-state index in [0.29, 0.717) is 11.6 Å². The largest absolute Gasteiger partial charge is 0.370 e. The summed E-state index contributed by atoms with van der Waals surface area (Å²) in [7, 11) is 0. The molecule has 0 spiro atoms. The van der Waals surface area contributed by atoms with Crippen molar-refractivity contribution in [3.63, 3.8) is 0 Å². The van der Waals surface area contributed by atoms with Crippen LogP contribution in [0.3, 0.4) is 0 Å². The van der Waals surface area contributed by atoms with E-state index < -0.39 is 0 Å². The van der Waals surface area contributed by atoms with Gasteiger partial charge in [0.1, 0.15) is 11.5 Å². The van der Waals surface area contributed by atoms with Gasteiger partial charge in [-0.15, -0.1) is 0 Å². The molecule has 2 heterocycles. The molecule has 2 rings (SSSR count). The van der Waals surface area contributed by atoms with Gasteiger partial charge in [-0.25, -0.2) is 4.98 Å². The monoisotopic (exact) mass is 279 g/mol. The molecule has 1 saturated heterocycles. The van der Waals surface area contributed by atoms with Gasteiger partial charge in [-0.05, 0) is 42.4 Å². The minimum Gasteiger partial charge on any atom is -0.370 e. The maximum Gasteiger partial charge on any atom is 0.269 e. The lowest BCUT2D eigenvalue weighted by Crippen LogP contribution is -2.30. The smallest absolute Gasteiger partial charge is 0.269 e. The van der Waals surface area contributed by atoms with Crippen molar-refractivity contribution in [3.05, 3.63) is 23.9 Å². The number of hydrogen-bond acceptors (Lipinski definition) is 4. The van der Waals surface area contributed by atoms with E-state index in [0.717, 1.165) is 31.1 Å². The van der Waals surface area contributed by atoms with Crippen LogP contribution in [0.4, 0.5) is 5.82 Å². The Bertz CT molecular complexity index is 419. The molecule has 19 heavy (non-hydrogen) atoms. The highest BCUT2D eigenvalue weighted by atomic mass is 32.2. The molecule has 0 aromatic carbocycles. The van der Waals surface area contributed by atoms with E-state index in [1.54, 1.807) is 6.07 Å². The molecule has 1 aromatic rings. The van der Waals surface area contributed by atoms with Crippen LogP contribution in [-0.4, -0.2) is 35.5 Å². The van der Waals surface area contributed by atoms with Crippen molar-refractivity contribution >= 4 is 23.5 Å². The highest BCUT2D eigenvalue weighted by Gasteiger charge is 2.17. The number of amides is 1. The van der Waals surface area contributed by atoms with Crippen LogP contribution < -0.4 is 10.6 Å². The SMILES string of the molecule is CCCNc1cccc(C(=O)NCC2CCSC2)n1. The van der Waals surface area contributed by atoms with Crippen LogP contribution in [-0.2, 0) is 0 Å². The van der Waals surface area contributed by atoms with E-state index in [1.165, 1.54) is 12.2 Å². The Kier molecular flexibility index (Phi) is 5.51. The molecule has 1 amide bonds. The van der Waals surface area contributed by atoms with E-state index in [9.17, 15) is 4.79 Å². The molecule has 1 aliphatic rings. The number of anilines is 1. The summed E-state index contributed by atoms with van der Waals surface area (Å²) in [5.74, 6) is 3.69. The summed E-state index contributed by atoms with van der Waals surface area (Å²) in [6.45, 7) is 3.74. The standard InChI is InChI=1S/C14H21N3OS/c1-2-7-15-13-5-3-4-12(17-13)14(18)16-9-11-6-8-19-10-11/h3-5,11H,2,6-10H2,1H3,(H,15,17)(H,16,18). The average Bonchev–Trinajstić information content (AvgIpc) is 2.96. The summed E-state index contributed by atoms with van der Waals surface area (Å²) < 4.78 is 0. The summed E-state index contributed by atoms with van der Waals surface area (Å²) in [6, 6.07) is 5.52. The number of carbonyl (C=O) groups excluding carboxylic acids is 1. The van der Waals surface area contributed by atoms with Gasteiger partial charge in [0.05, 0.1) is 0 Å². The first kappa shape index (κ1) is 14.2. The number of rotatable bonds is 6. The second kappa shape index (κ2) is 7.38. The van der Waals surface area contributed by atoms with Crippen LogP contribution in [0.1, 0.15) is 30.3 Å². The predicted octanol–water partition coefficient (Wildman–Crippen LogP) is 2.39. The zero-order valence-corrected chi connectivity index (χ0v) is 12.1. The van der Waals surface area contributed by atoms with Crippen molar-refractivity contribution in [3.8, 4) is 0 Å². The number of hydrogen-bond donors (Lipinski definition) is 2. The number of aromatic nitrogens is 1. The average molecular weight is 279 g/mol. The first-order valence-corrected chi connectivity index (χ1v) is 8.02. The van der Waals surface area contributed by atoms with Gasteiger partial charge in [0.2, 0.25) is 0 Å².